The molecule has 16 heavy (non-hydrogen) atoms. The number of thioether (sulfide) groups is 1. The normalized spacial score (nSPS) is 10.9. The molecule has 1 aromatic carbocycles. The van der Waals surface area contributed by atoms with E-state index >= 15 is 0 Å². The van der Waals surface area contributed by atoms with E-state index in [4.69, 9.17) is 5.73 Å². The van der Waals surface area contributed by atoms with Gasteiger partial charge in [-0.25, -0.2) is 0 Å². The lowest BCUT2D eigenvalue weighted by Gasteiger charge is -1.99. The van der Waals surface area contributed by atoms with Gasteiger partial charge in [0.05, 0.1) is 0 Å². The molecule has 0 unspecified atom stereocenters. The molecule has 0 atom stereocenters. The Labute approximate surface area is 101 Å². The fourth-order valence-electron chi connectivity index (χ4n) is 1.43. The van der Waals surface area contributed by atoms with Gasteiger partial charge in [-0.3, -0.25) is 4.79 Å². The van der Waals surface area contributed by atoms with Crippen LogP contribution in [0.4, 0.5) is 5.69 Å². The summed E-state index contributed by atoms with van der Waals surface area (Å²) in [4.78, 5) is 10.7. The summed E-state index contributed by atoms with van der Waals surface area (Å²) in [6, 6.07) is 5.98. The number of hydrogen-bond donors (Lipinski definition) is 1. The molecule has 0 saturated heterocycles. The van der Waals surface area contributed by atoms with E-state index in [0.717, 1.165) is 29.0 Å². The van der Waals surface area contributed by atoms with E-state index in [9.17, 15) is 4.79 Å². The Balaban J connectivity index is 2.46. The van der Waals surface area contributed by atoms with Gasteiger partial charge in [0.25, 0.3) is 0 Å². The maximum absolute atomic E-state index is 10.7. The largest absolute Gasteiger partial charge is 0.399 e. The van der Waals surface area contributed by atoms with Gasteiger partial charge in [-0.2, -0.15) is 0 Å². The molecule has 0 saturated carbocycles. The molecule has 0 radical (unpaired) electrons. The molecule has 2 nitrogen and oxygen atoms in total. The third-order valence-corrected chi connectivity index (χ3v) is 2.87. The molecule has 3 heteroatoms. The van der Waals surface area contributed by atoms with Gasteiger partial charge in [-0.15, -0.1) is 0 Å². The average Bonchev–Trinajstić information content (AvgIpc) is 2.15. The smallest absolute Gasteiger partial charge is 0.185 e. The lowest BCUT2D eigenvalue weighted by atomic mass is 10.1. The molecule has 0 spiro atoms. The zero-order valence-electron chi connectivity index (χ0n) is 9.69. The van der Waals surface area contributed by atoms with Crippen LogP contribution in [0.1, 0.15) is 24.5 Å². The highest BCUT2D eigenvalue weighted by molar-refractivity contribution is 8.13. The number of allylic oxidation sites excluding steroid dienone is 1. The molecular weight excluding hydrogens is 218 g/mol. The Hall–Kier alpha value is -1.22. The first kappa shape index (κ1) is 12.8. The van der Waals surface area contributed by atoms with Crippen molar-refractivity contribution in [2.75, 3.05) is 11.5 Å². The minimum Gasteiger partial charge on any atom is -0.399 e. The van der Waals surface area contributed by atoms with Crippen molar-refractivity contribution in [3.05, 3.63) is 35.4 Å². The fraction of sp³-hybridized carbons (Fsp3) is 0.308. The highest BCUT2D eigenvalue weighted by atomic mass is 32.2. The summed E-state index contributed by atoms with van der Waals surface area (Å²) in [5.41, 5.74) is 8.82. The van der Waals surface area contributed by atoms with E-state index in [1.165, 1.54) is 11.8 Å². The maximum atomic E-state index is 10.7. The van der Waals surface area contributed by atoms with E-state index < -0.39 is 0 Å². The van der Waals surface area contributed by atoms with E-state index in [1.807, 2.05) is 25.1 Å². The molecule has 2 N–H and O–H groups in total. The van der Waals surface area contributed by atoms with Crippen LogP contribution < -0.4 is 5.73 Å². The molecule has 0 aliphatic rings. The van der Waals surface area contributed by atoms with E-state index in [-0.39, 0.29) is 5.12 Å². The third-order valence-electron chi connectivity index (χ3n) is 2.02. The van der Waals surface area contributed by atoms with Crippen molar-refractivity contribution in [1.82, 2.24) is 0 Å². The Morgan fingerprint density at radius 3 is 2.81 bits per heavy atom. The number of benzene rings is 1. The van der Waals surface area contributed by atoms with Crippen LogP contribution in [0, 0.1) is 6.92 Å². The first-order chi connectivity index (χ1) is 7.58. The van der Waals surface area contributed by atoms with Crippen molar-refractivity contribution >= 4 is 28.6 Å². The van der Waals surface area contributed by atoms with Crippen molar-refractivity contribution in [1.29, 1.82) is 0 Å². The average molecular weight is 235 g/mol. The second-order valence-electron chi connectivity index (χ2n) is 3.71. The van der Waals surface area contributed by atoms with Crippen LogP contribution in [-0.4, -0.2) is 10.9 Å². The number of nitrogens with two attached hydrogens (primary N) is 1. The van der Waals surface area contributed by atoms with Crippen molar-refractivity contribution < 1.29 is 4.79 Å². The topological polar surface area (TPSA) is 43.1 Å². The summed E-state index contributed by atoms with van der Waals surface area (Å²) in [5, 5.41) is 0.174. The summed E-state index contributed by atoms with van der Waals surface area (Å²) < 4.78 is 0. The highest BCUT2D eigenvalue weighted by Gasteiger charge is 1.93. The Kier molecular flexibility index (Phi) is 5.12. The number of rotatable bonds is 4. The van der Waals surface area contributed by atoms with Crippen LogP contribution in [0.3, 0.4) is 0 Å². The van der Waals surface area contributed by atoms with Crippen molar-refractivity contribution in [2.24, 2.45) is 0 Å². The molecule has 1 rings (SSSR count). The van der Waals surface area contributed by atoms with E-state index in [2.05, 4.69) is 12.1 Å². The number of carbonyl (C=O) groups is 1. The van der Waals surface area contributed by atoms with Gasteiger partial charge in [0, 0.05) is 18.4 Å². The van der Waals surface area contributed by atoms with Crippen LogP contribution in [0.15, 0.2) is 24.3 Å². The number of anilines is 1. The van der Waals surface area contributed by atoms with Crippen LogP contribution in [0.25, 0.3) is 6.08 Å². The molecule has 86 valence electrons. The molecular formula is C13H17NOS. The summed E-state index contributed by atoms with van der Waals surface area (Å²) in [5.74, 6) is 0.840. The van der Waals surface area contributed by atoms with Crippen molar-refractivity contribution in [3.8, 4) is 0 Å². The molecule has 1 aromatic rings. The van der Waals surface area contributed by atoms with Gasteiger partial charge >= 0.3 is 0 Å². The van der Waals surface area contributed by atoms with Gasteiger partial charge in [0.2, 0.25) is 0 Å². The van der Waals surface area contributed by atoms with Crippen LogP contribution in [0.5, 0.6) is 0 Å². The number of carbonyl (C=O) groups excluding carboxylic acids is 1. The van der Waals surface area contributed by atoms with Crippen LogP contribution in [-0.2, 0) is 4.79 Å². The third kappa shape index (κ3) is 5.03. The molecule has 0 bridgehead atoms. The molecule has 0 aliphatic heterocycles. The first-order valence-electron chi connectivity index (χ1n) is 5.25. The Bertz CT molecular complexity index is 379. The van der Waals surface area contributed by atoms with Gasteiger partial charge in [-0.05, 0) is 36.6 Å². The second-order valence-corrected chi connectivity index (χ2v) is 4.98. The summed E-state index contributed by atoms with van der Waals surface area (Å²) in [6.07, 6.45) is 5.02. The standard InChI is InChI=1S/C13H17NOS/c1-10-7-12(9-13(14)8-10)5-3-4-6-16-11(2)15/h3,5,7-9H,4,6,14H2,1-2H3. The highest BCUT2D eigenvalue weighted by Crippen LogP contribution is 2.13. The molecule has 0 aliphatic carbocycles. The molecule has 0 aromatic heterocycles. The quantitative estimate of drug-likeness (QED) is 0.643. The Morgan fingerprint density at radius 2 is 2.19 bits per heavy atom. The van der Waals surface area contributed by atoms with Gasteiger partial charge < -0.3 is 5.73 Å². The number of hydrogen-bond acceptors (Lipinski definition) is 3. The summed E-state index contributed by atoms with van der Waals surface area (Å²) in [6.45, 7) is 3.62. The minimum atomic E-state index is 0.174. The molecule has 0 fully saturated rings. The van der Waals surface area contributed by atoms with Crippen LogP contribution in [0.2, 0.25) is 0 Å². The van der Waals surface area contributed by atoms with E-state index in [1.54, 1.807) is 6.92 Å². The van der Waals surface area contributed by atoms with Crippen LogP contribution >= 0.6 is 11.8 Å². The summed E-state index contributed by atoms with van der Waals surface area (Å²) in [7, 11) is 0. The zero-order chi connectivity index (χ0) is 12.0. The predicted molar refractivity (Wildman–Crippen MR) is 72.4 cm³/mol. The first-order valence-corrected chi connectivity index (χ1v) is 6.23. The minimum absolute atomic E-state index is 0.174. The van der Waals surface area contributed by atoms with E-state index in [0.29, 0.717) is 0 Å². The number of nitrogen functional groups attached to an aromatic ring is 1. The lowest BCUT2D eigenvalue weighted by Crippen LogP contribution is -1.87. The zero-order valence-corrected chi connectivity index (χ0v) is 10.5. The molecule has 0 heterocycles. The fourth-order valence-corrected chi connectivity index (χ4v) is 1.97. The Morgan fingerprint density at radius 1 is 1.44 bits per heavy atom. The lowest BCUT2D eigenvalue weighted by molar-refractivity contribution is -0.109. The van der Waals surface area contributed by atoms with Crippen molar-refractivity contribution in [3.63, 3.8) is 0 Å². The molecule has 0 amide bonds. The van der Waals surface area contributed by atoms with Gasteiger partial charge in [0.1, 0.15) is 0 Å². The SMILES string of the molecule is CC(=O)SCCC=Cc1cc(C)cc(N)c1. The van der Waals surface area contributed by atoms with Gasteiger partial charge in [0.15, 0.2) is 5.12 Å². The number of aryl methyl sites for hydroxylation is 1. The van der Waals surface area contributed by atoms with Gasteiger partial charge in [-0.1, -0.05) is 30.0 Å². The predicted octanol–water partition coefficient (Wildman–Crippen LogP) is 3.26. The monoisotopic (exact) mass is 235 g/mol. The maximum Gasteiger partial charge on any atom is 0.185 e. The second kappa shape index (κ2) is 6.38. The summed E-state index contributed by atoms with van der Waals surface area (Å²) >= 11 is 1.36. The van der Waals surface area contributed by atoms with Crippen molar-refractivity contribution in [2.45, 2.75) is 20.3 Å².